The second-order valence-electron chi connectivity index (χ2n) is 4.30. The van der Waals surface area contributed by atoms with E-state index in [1.807, 2.05) is 6.07 Å². The average molecular weight is 282 g/mol. The Balaban J connectivity index is 1.75. The maximum Gasteiger partial charge on any atom is 0.0622 e. The van der Waals surface area contributed by atoms with Crippen molar-refractivity contribution in [2.24, 2.45) is 0 Å². The van der Waals surface area contributed by atoms with Crippen LogP contribution in [0.2, 0.25) is 5.02 Å². The SMILES string of the molecule is OC(CCCc1cccs1)Cc1ccncc1Cl. The van der Waals surface area contributed by atoms with Crippen LogP contribution in [-0.2, 0) is 12.8 Å². The minimum absolute atomic E-state index is 0.329. The van der Waals surface area contributed by atoms with Crippen LogP contribution in [0.15, 0.2) is 36.0 Å². The van der Waals surface area contributed by atoms with Gasteiger partial charge in [-0.05, 0) is 48.8 Å². The second-order valence-corrected chi connectivity index (χ2v) is 5.74. The lowest BCUT2D eigenvalue weighted by molar-refractivity contribution is 0.162. The third kappa shape index (κ3) is 4.09. The van der Waals surface area contributed by atoms with Crippen LogP contribution in [0.3, 0.4) is 0 Å². The van der Waals surface area contributed by atoms with E-state index in [0.717, 1.165) is 24.8 Å². The van der Waals surface area contributed by atoms with Crippen LogP contribution in [0.1, 0.15) is 23.3 Å². The van der Waals surface area contributed by atoms with Crippen molar-refractivity contribution in [2.45, 2.75) is 31.8 Å². The lowest BCUT2D eigenvalue weighted by Gasteiger charge is -2.11. The number of nitrogens with zero attached hydrogens (tertiary/aromatic N) is 1. The van der Waals surface area contributed by atoms with Crippen molar-refractivity contribution < 1.29 is 5.11 Å². The summed E-state index contributed by atoms with van der Waals surface area (Å²) >= 11 is 7.78. The Morgan fingerprint density at radius 2 is 2.28 bits per heavy atom. The molecule has 0 saturated heterocycles. The Labute approximate surface area is 116 Å². The number of aromatic nitrogens is 1. The van der Waals surface area contributed by atoms with Gasteiger partial charge in [0.1, 0.15) is 0 Å². The topological polar surface area (TPSA) is 33.1 Å². The van der Waals surface area contributed by atoms with Gasteiger partial charge < -0.3 is 5.11 Å². The molecule has 0 aliphatic carbocycles. The number of aliphatic hydroxyl groups is 1. The lowest BCUT2D eigenvalue weighted by atomic mass is 10.0. The van der Waals surface area contributed by atoms with Crippen molar-refractivity contribution in [3.8, 4) is 0 Å². The number of hydrogen-bond acceptors (Lipinski definition) is 3. The van der Waals surface area contributed by atoms with Crippen molar-refractivity contribution in [2.75, 3.05) is 0 Å². The summed E-state index contributed by atoms with van der Waals surface area (Å²) in [5.74, 6) is 0. The Morgan fingerprint density at radius 1 is 1.39 bits per heavy atom. The summed E-state index contributed by atoms with van der Waals surface area (Å²) in [6.45, 7) is 0. The molecule has 0 bridgehead atoms. The van der Waals surface area contributed by atoms with Crippen molar-refractivity contribution in [3.63, 3.8) is 0 Å². The molecule has 2 aromatic heterocycles. The zero-order valence-electron chi connectivity index (χ0n) is 10.1. The number of rotatable bonds is 6. The predicted octanol–water partition coefficient (Wildman–Crippen LogP) is 3.72. The number of aliphatic hydroxyl groups excluding tert-OH is 1. The summed E-state index contributed by atoms with van der Waals surface area (Å²) in [6.07, 6.45) is 6.45. The molecular formula is C14H16ClNOS. The molecule has 96 valence electrons. The highest BCUT2D eigenvalue weighted by Crippen LogP contribution is 2.18. The molecule has 0 aliphatic rings. The molecule has 18 heavy (non-hydrogen) atoms. The van der Waals surface area contributed by atoms with Gasteiger partial charge in [-0.25, -0.2) is 0 Å². The first-order valence-electron chi connectivity index (χ1n) is 6.04. The van der Waals surface area contributed by atoms with E-state index in [4.69, 9.17) is 11.6 Å². The third-order valence-electron chi connectivity index (χ3n) is 2.85. The van der Waals surface area contributed by atoms with Crippen LogP contribution < -0.4 is 0 Å². The first-order valence-corrected chi connectivity index (χ1v) is 7.30. The van der Waals surface area contributed by atoms with Crippen molar-refractivity contribution >= 4 is 22.9 Å². The minimum Gasteiger partial charge on any atom is -0.393 e. The first kappa shape index (κ1) is 13.5. The molecule has 1 atom stereocenters. The van der Waals surface area contributed by atoms with Crippen molar-refractivity contribution in [3.05, 3.63) is 51.4 Å². The summed E-state index contributed by atoms with van der Waals surface area (Å²) in [4.78, 5) is 5.31. The normalized spacial score (nSPS) is 12.6. The van der Waals surface area contributed by atoms with Gasteiger partial charge >= 0.3 is 0 Å². The smallest absolute Gasteiger partial charge is 0.0622 e. The first-order chi connectivity index (χ1) is 8.75. The van der Waals surface area contributed by atoms with E-state index in [1.54, 1.807) is 23.7 Å². The van der Waals surface area contributed by atoms with Crippen molar-refractivity contribution in [1.82, 2.24) is 4.98 Å². The third-order valence-corrected chi connectivity index (χ3v) is 4.13. The highest BCUT2D eigenvalue weighted by Gasteiger charge is 2.08. The predicted molar refractivity (Wildman–Crippen MR) is 76.2 cm³/mol. The Morgan fingerprint density at radius 3 is 3.00 bits per heavy atom. The molecule has 2 nitrogen and oxygen atoms in total. The molecule has 0 radical (unpaired) electrons. The average Bonchev–Trinajstić information content (AvgIpc) is 2.85. The van der Waals surface area contributed by atoms with Gasteiger partial charge in [-0.3, -0.25) is 4.98 Å². The molecule has 0 amide bonds. The minimum atomic E-state index is -0.329. The summed E-state index contributed by atoms with van der Waals surface area (Å²) < 4.78 is 0. The monoisotopic (exact) mass is 281 g/mol. The van der Waals surface area contributed by atoms with E-state index in [2.05, 4.69) is 22.5 Å². The van der Waals surface area contributed by atoms with E-state index in [1.165, 1.54) is 4.88 Å². The summed E-state index contributed by atoms with van der Waals surface area (Å²) in [6, 6.07) is 6.06. The highest BCUT2D eigenvalue weighted by molar-refractivity contribution is 7.09. The van der Waals surface area contributed by atoms with E-state index >= 15 is 0 Å². The van der Waals surface area contributed by atoms with Crippen LogP contribution in [0.4, 0.5) is 0 Å². The maximum atomic E-state index is 9.98. The number of pyridine rings is 1. The van der Waals surface area contributed by atoms with Crippen LogP contribution in [0, 0.1) is 0 Å². The van der Waals surface area contributed by atoms with E-state index in [0.29, 0.717) is 11.4 Å². The summed E-state index contributed by atoms with van der Waals surface area (Å²) in [5.41, 5.74) is 0.968. The number of halogens is 1. The van der Waals surface area contributed by atoms with Gasteiger partial charge in [-0.15, -0.1) is 11.3 Å². The van der Waals surface area contributed by atoms with Gasteiger partial charge in [0.15, 0.2) is 0 Å². The summed E-state index contributed by atoms with van der Waals surface area (Å²) in [5, 5.41) is 12.7. The number of aryl methyl sites for hydroxylation is 1. The Kier molecular flexibility index (Phi) is 5.17. The molecule has 2 heterocycles. The molecule has 0 aromatic carbocycles. The Bertz CT molecular complexity index is 472. The van der Waals surface area contributed by atoms with Gasteiger partial charge in [0.2, 0.25) is 0 Å². The van der Waals surface area contributed by atoms with E-state index in [9.17, 15) is 5.11 Å². The van der Waals surface area contributed by atoms with Crippen LogP contribution in [-0.4, -0.2) is 16.2 Å². The van der Waals surface area contributed by atoms with Gasteiger partial charge in [-0.1, -0.05) is 17.7 Å². The molecule has 0 saturated carbocycles. The molecule has 4 heteroatoms. The van der Waals surface area contributed by atoms with Gasteiger partial charge in [-0.2, -0.15) is 0 Å². The molecule has 0 aliphatic heterocycles. The fraction of sp³-hybridized carbons (Fsp3) is 0.357. The van der Waals surface area contributed by atoms with Gasteiger partial charge in [0.25, 0.3) is 0 Å². The molecule has 1 N–H and O–H groups in total. The molecule has 2 rings (SSSR count). The van der Waals surface area contributed by atoms with E-state index < -0.39 is 0 Å². The molecule has 1 unspecified atom stereocenters. The van der Waals surface area contributed by atoms with Crippen LogP contribution in [0.5, 0.6) is 0 Å². The molecular weight excluding hydrogens is 266 g/mol. The molecule has 0 fully saturated rings. The zero-order chi connectivity index (χ0) is 12.8. The number of hydrogen-bond donors (Lipinski definition) is 1. The quantitative estimate of drug-likeness (QED) is 0.875. The summed E-state index contributed by atoms with van der Waals surface area (Å²) in [7, 11) is 0. The maximum absolute atomic E-state index is 9.98. The number of thiophene rings is 1. The Hall–Kier alpha value is -0.900. The van der Waals surface area contributed by atoms with Gasteiger partial charge in [0.05, 0.1) is 11.1 Å². The zero-order valence-corrected chi connectivity index (χ0v) is 11.6. The molecule has 2 aromatic rings. The highest BCUT2D eigenvalue weighted by atomic mass is 35.5. The van der Waals surface area contributed by atoms with Gasteiger partial charge in [0, 0.05) is 17.3 Å². The fourth-order valence-electron chi connectivity index (χ4n) is 1.89. The standard InChI is InChI=1S/C14H16ClNOS/c15-14-10-16-7-6-11(14)9-12(17)3-1-4-13-5-2-8-18-13/h2,5-8,10,12,17H,1,3-4,9H2. The second kappa shape index (κ2) is 6.88. The van der Waals surface area contributed by atoms with Crippen LogP contribution in [0.25, 0.3) is 0 Å². The largest absolute Gasteiger partial charge is 0.393 e. The fourth-order valence-corrected chi connectivity index (χ4v) is 2.84. The van der Waals surface area contributed by atoms with Crippen molar-refractivity contribution in [1.29, 1.82) is 0 Å². The van der Waals surface area contributed by atoms with E-state index in [-0.39, 0.29) is 6.10 Å². The molecule has 0 spiro atoms. The van der Waals surface area contributed by atoms with Crippen LogP contribution >= 0.6 is 22.9 Å². The lowest BCUT2D eigenvalue weighted by Crippen LogP contribution is -2.11.